The zero-order valence-corrected chi connectivity index (χ0v) is 14.9. The minimum Gasteiger partial charge on any atom is -0.492 e. The summed E-state index contributed by atoms with van der Waals surface area (Å²) in [5.41, 5.74) is 3.31. The van der Waals surface area contributed by atoms with E-state index in [0.717, 1.165) is 5.56 Å². The Balaban J connectivity index is 1.67. The minimum atomic E-state index is -0.189. The second-order valence-corrected chi connectivity index (χ2v) is 6.15. The SMILES string of the molecule is O=C(CCCOc1ccc(Cl)cc1Cl)N/N=C\c1ccc(Cl)cc1. The van der Waals surface area contributed by atoms with Crippen molar-refractivity contribution < 1.29 is 9.53 Å². The molecule has 0 aliphatic carbocycles. The lowest BCUT2D eigenvalue weighted by atomic mass is 10.2. The highest BCUT2D eigenvalue weighted by molar-refractivity contribution is 6.35. The van der Waals surface area contributed by atoms with E-state index in [1.54, 1.807) is 36.5 Å². The monoisotopic (exact) mass is 384 g/mol. The van der Waals surface area contributed by atoms with Crippen molar-refractivity contribution in [2.45, 2.75) is 12.8 Å². The van der Waals surface area contributed by atoms with Crippen LogP contribution in [-0.4, -0.2) is 18.7 Å². The average Bonchev–Trinajstić information content (AvgIpc) is 2.55. The number of rotatable bonds is 7. The molecule has 0 radical (unpaired) electrons. The van der Waals surface area contributed by atoms with E-state index >= 15 is 0 Å². The number of ether oxygens (including phenoxy) is 1. The van der Waals surface area contributed by atoms with E-state index in [1.807, 2.05) is 12.1 Å². The van der Waals surface area contributed by atoms with Gasteiger partial charge in [-0.15, -0.1) is 0 Å². The smallest absolute Gasteiger partial charge is 0.240 e. The largest absolute Gasteiger partial charge is 0.492 e. The molecule has 0 heterocycles. The Morgan fingerprint density at radius 2 is 1.79 bits per heavy atom. The molecular weight excluding hydrogens is 371 g/mol. The first-order valence-corrected chi connectivity index (χ1v) is 8.33. The molecule has 126 valence electrons. The van der Waals surface area contributed by atoms with Crippen molar-refractivity contribution in [3.63, 3.8) is 0 Å². The number of nitrogens with zero attached hydrogens (tertiary/aromatic N) is 1. The summed E-state index contributed by atoms with van der Waals surface area (Å²) >= 11 is 17.6. The van der Waals surface area contributed by atoms with Crippen LogP contribution in [0.5, 0.6) is 5.75 Å². The van der Waals surface area contributed by atoms with Crippen molar-refractivity contribution in [2.24, 2.45) is 5.10 Å². The van der Waals surface area contributed by atoms with E-state index in [0.29, 0.717) is 40.3 Å². The lowest BCUT2D eigenvalue weighted by molar-refractivity contribution is -0.121. The standard InChI is InChI=1S/C17H15Cl3N2O2/c18-13-5-3-12(4-6-13)11-21-22-17(23)2-1-9-24-16-8-7-14(19)10-15(16)20/h3-8,10-11H,1-2,9H2,(H,22,23)/b21-11-. The maximum Gasteiger partial charge on any atom is 0.240 e. The third kappa shape index (κ3) is 6.40. The zero-order valence-electron chi connectivity index (χ0n) is 12.6. The predicted octanol–water partition coefficient (Wildman–Crippen LogP) is 4.96. The van der Waals surface area contributed by atoms with Crippen molar-refractivity contribution >= 4 is 46.9 Å². The summed E-state index contributed by atoms with van der Waals surface area (Å²) in [5, 5.41) is 5.53. The summed E-state index contributed by atoms with van der Waals surface area (Å²) in [7, 11) is 0. The summed E-state index contributed by atoms with van der Waals surface area (Å²) in [6, 6.07) is 12.1. The Morgan fingerprint density at radius 1 is 1.08 bits per heavy atom. The Kier molecular flexibility index (Phi) is 7.37. The van der Waals surface area contributed by atoms with Crippen molar-refractivity contribution in [3.8, 4) is 5.75 Å². The van der Waals surface area contributed by atoms with Gasteiger partial charge in [0.15, 0.2) is 0 Å². The van der Waals surface area contributed by atoms with Gasteiger partial charge in [-0.3, -0.25) is 4.79 Å². The topological polar surface area (TPSA) is 50.7 Å². The van der Waals surface area contributed by atoms with Gasteiger partial charge in [0, 0.05) is 16.5 Å². The number of benzene rings is 2. The van der Waals surface area contributed by atoms with Gasteiger partial charge in [0.1, 0.15) is 5.75 Å². The van der Waals surface area contributed by atoms with Crippen molar-refractivity contribution in [1.82, 2.24) is 5.43 Å². The van der Waals surface area contributed by atoms with Gasteiger partial charge in [-0.2, -0.15) is 5.10 Å². The van der Waals surface area contributed by atoms with Gasteiger partial charge in [0.2, 0.25) is 5.91 Å². The molecule has 1 amide bonds. The van der Waals surface area contributed by atoms with Crippen LogP contribution in [0.3, 0.4) is 0 Å². The van der Waals surface area contributed by atoms with Crippen molar-refractivity contribution in [2.75, 3.05) is 6.61 Å². The number of carbonyl (C=O) groups excluding carboxylic acids is 1. The third-order valence-electron chi connectivity index (χ3n) is 2.97. The quantitative estimate of drug-likeness (QED) is 0.416. The maximum absolute atomic E-state index is 11.7. The van der Waals surface area contributed by atoms with Crippen LogP contribution in [0.4, 0.5) is 0 Å². The maximum atomic E-state index is 11.7. The lowest BCUT2D eigenvalue weighted by Crippen LogP contribution is -2.18. The highest BCUT2D eigenvalue weighted by atomic mass is 35.5. The van der Waals surface area contributed by atoms with Gasteiger partial charge < -0.3 is 4.74 Å². The molecule has 2 aromatic rings. The molecule has 0 aromatic heterocycles. The van der Waals surface area contributed by atoms with Gasteiger partial charge >= 0.3 is 0 Å². The normalized spacial score (nSPS) is 10.8. The van der Waals surface area contributed by atoms with E-state index in [-0.39, 0.29) is 5.91 Å². The second kappa shape index (κ2) is 9.52. The Hall–Kier alpha value is -1.75. The summed E-state index contributed by atoms with van der Waals surface area (Å²) in [5.74, 6) is 0.355. The Morgan fingerprint density at radius 3 is 2.50 bits per heavy atom. The van der Waals surface area contributed by atoms with Gasteiger partial charge in [-0.25, -0.2) is 5.43 Å². The molecule has 4 nitrogen and oxygen atoms in total. The first kappa shape index (κ1) is 18.6. The van der Waals surface area contributed by atoms with Crippen LogP contribution in [-0.2, 0) is 4.79 Å². The number of hydrogen-bond acceptors (Lipinski definition) is 3. The number of hydrazone groups is 1. The molecule has 2 aromatic carbocycles. The molecule has 24 heavy (non-hydrogen) atoms. The highest BCUT2D eigenvalue weighted by Crippen LogP contribution is 2.27. The van der Waals surface area contributed by atoms with Crippen LogP contribution in [0.15, 0.2) is 47.6 Å². The first-order chi connectivity index (χ1) is 11.5. The zero-order chi connectivity index (χ0) is 17.4. The number of hydrogen-bond donors (Lipinski definition) is 1. The molecule has 0 saturated carbocycles. The van der Waals surface area contributed by atoms with Gasteiger partial charge in [0.05, 0.1) is 17.8 Å². The third-order valence-corrected chi connectivity index (χ3v) is 3.75. The summed E-state index contributed by atoms with van der Waals surface area (Å²) in [6.45, 7) is 0.371. The van der Waals surface area contributed by atoms with Gasteiger partial charge in [-0.05, 0) is 42.3 Å². The molecule has 0 fully saturated rings. The fraction of sp³-hybridized carbons (Fsp3) is 0.176. The molecule has 7 heteroatoms. The Bertz CT molecular complexity index is 718. The van der Waals surface area contributed by atoms with Crippen molar-refractivity contribution in [3.05, 3.63) is 63.1 Å². The minimum absolute atomic E-state index is 0.189. The molecule has 1 N–H and O–H groups in total. The predicted molar refractivity (Wildman–Crippen MR) is 98.4 cm³/mol. The number of amides is 1. The number of halogens is 3. The molecular formula is C17H15Cl3N2O2. The van der Waals surface area contributed by atoms with Gasteiger partial charge in [-0.1, -0.05) is 46.9 Å². The number of nitrogens with one attached hydrogen (secondary N) is 1. The Labute approximate surface area is 155 Å². The fourth-order valence-electron chi connectivity index (χ4n) is 1.79. The van der Waals surface area contributed by atoms with Crippen LogP contribution >= 0.6 is 34.8 Å². The van der Waals surface area contributed by atoms with E-state index in [9.17, 15) is 4.79 Å². The van der Waals surface area contributed by atoms with Crippen molar-refractivity contribution in [1.29, 1.82) is 0 Å². The van der Waals surface area contributed by atoms with Crippen LogP contribution in [0.25, 0.3) is 0 Å². The molecule has 0 unspecified atom stereocenters. The average molecular weight is 386 g/mol. The molecule has 0 atom stereocenters. The molecule has 2 rings (SSSR count). The van der Waals surface area contributed by atoms with Crippen LogP contribution in [0.1, 0.15) is 18.4 Å². The molecule has 0 aliphatic rings. The molecule has 0 bridgehead atoms. The van der Waals surface area contributed by atoms with E-state index < -0.39 is 0 Å². The summed E-state index contributed by atoms with van der Waals surface area (Å²) in [6.07, 6.45) is 2.39. The first-order valence-electron chi connectivity index (χ1n) is 7.20. The van der Waals surface area contributed by atoms with Crippen LogP contribution < -0.4 is 10.2 Å². The molecule has 0 spiro atoms. The molecule has 0 aliphatic heterocycles. The van der Waals surface area contributed by atoms with E-state index in [2.05, 4.69) is 10.5 Å². The molecule has 0 saturated heterocycles. The lowest BCUT2D eigenvalue weighted by Gasteiger charge is -2.07. The number of carbonyl (C=O) groups is 1. The second-order valence-electron chi connectivity index (χ2n) is 4.87. The summed E-state index contributed by atoms with van der Waals surface area (Å²) < 4.78 is 5.51. The van der Waals surface area contributed by atoms with E-state index in [4.69, 9.17) is 39.5 Å². The van der Waals surface area contributed by atoms with Crippen LogP contribution in [0.2, 0.25) is 15.1 Å². The highest BCUT2D eigenvalue weighted by Gasteiger charge is 2.04. The van der Waals surface area contributed by atoms with Gasteiger partial charge in [0.25, 0.3) is 0 Å². The summed E-state index contributed by atoms with van der Waals surface area (Å²) in [4.78, 5) is 11.7. The van der Waals surface area contributed by atoms with Crippen LogP contribution in [0, 0.1) is 0 Å². The van der Waals surface area contributed by atoms with E-state index in [1.165, 1.54) is 0 Å². The fourth-order valence-corrected chi connectivity index (χ4v) is 2.38.